The minimum absolute atomic E-state index is 0.0240. The molecule has 0 saturated carbocycles. The molecule has 8 nitrogen and oxygen atoms in total. The zero-order valence-corrected chi connectivity index (χ0v) is 18.0. The second-order valence-corrected chi connectivity index (χ2v) is 7.65. The SMILES string of the molecule is Cc1ccc(-c2cc(-c3ccc(OCCCC(F)(F)F)cc3)[nH]c(=O)c2-n2nn[nH]c2=O)cc1. The van der Waals surface area contributed by atoms with Crippen LogP contribution in [-0.4, -0.2) is 38.0 Å². The highest BCUT2D eigenvalue weighted by molar-refractivity contribution is 5.77. The van der Waals surface area contributed by atoms with Crippen molar-refractivity contribution in [2.24, 2.45) is 0 Å². The van der Waals surface area contributed by atoms with Gasteiger partial charge in [-0.1, -0.05) is 29.8 Å². The van der Waals surface area contributed by atoms with Crippen molar-refractivity contribution < 1.29 is 17.9 Å². The number of H-pyrrole nitrogens is 2. The zero-order valence-electron chi connectivity index (χ0n) is 18.0. The van der Waals surface area contributed by atoms with Crippen LogP contribution in [0.4, 0.5) is 13.2 Å². The van der Waals surface area contributed by atoms with E-state index in [1.54, 1.807) is 30.3 Å². The van der Waals surface area contributed by atoms with E-state index in [1.165, 1.54) is 0 Å². The van der Waals surface area contributed by atoms with Gasteiger partial charge in [-0.2, -0.15) is 17.9 Å². The second kappa shape index (κ2) is 9.38. The minimum atomic E-state index is -4.21. The molecule has 0 radical (unpaired) electrons. The van der Waals surface area contributed by atoms with Crippen LogP contribution < -0.4 is 16.0 Å². The van der Waals surface area contributed by atoms with E-state index in [2.05, 4.69) is 20.5 Å². The van der Waals surface area contributed by atoms with E-state index in [0.29, 0.717) is 28.1 Å². The molecule has 4 rings (SSSR count). The molecule has 0 atom stereocenters. The van der Waals surface area contributed by atoms with Gasteiger partial charge in [0.05, 0.1) is 6.61 Å². The molecule has 0 aliphatic carbocycles. The number of benzene rings is 2. The third kappa shape index (κ3) is 5.25. The van der Waals surface area contributed by atoms with Crippen LogP contribution in [0.25, 0.3) is 28.1 Å². The number of aromatic amines is 2. The van der Waals surface area contributed by atoms with Gasteiger partial charge in [-0.15, -0.1) is 0 Å². The van der Waals surface area contributed by atoms with Crippen molar-refractivity contribution in [2.75, 3.05) is 6.61 Å². The molecular weight excluding hydrogens is 451 g/mol. The lowest BCUT2D eigenvalue weighted by Crippen LogP contribution is -2.25. The van der Waals surface area contributed by atoms with Gasteiger partial charge in [0.1, 0.15) is 11.4 Å². The average molecular weight is 471 g/mol. The Morgan fingerprint density at radius 2 is 1.68 bits per heavy atom. The fraction of sp³-hybridized carbons (Fsp3) is 0.217. The Balaban J connectivity index is 1.67. The number of halogens is 3. The molecule has 2 aromatic carbocycles. The summed E-state index contributed by atoms with van der Waals surface area (Å²) < 4.78 is 43.0. The van der Waals surface area contributed by atoms with Crippen molar-refractivity contribution in [3.63, 3.8) is 0 Å². The van der Waals surface area contributed by atoms with Crippen LogP contribution in [0.2, 0.25) is 0 Å². The number of pyridine rings is 1. The Hall–Kier alpha value is -4.15. The van der Waals surface area contributed by atoms with Crippen LogP contribution >= 0.6 is 0 Å². The van der Waals surface area contributed by atoms with Crippen molar-refractivity contribution in [1.29, 1.82) is 0 Å². The molecular formula is C23H20F3N5O3. The summed E-state index contributed by atoms with van der Waals surface area (Å²) in [5.74, 6) is 0.415. The molecule has 176 valence electrons. The average Bonchev–Trinajstić information content (AvgIpc) is 3.22. The number of nitrogens with one attached hydrogen (secondary N) is 2. The van der Waals surface area contributed by atoms with Gasteiger partial charge in [0, 0.05) is 17.7 Å². The van der Waals surface area contributed by atoms with Gasteiger partial charge in [0.25, 0.3) is 5.56 Å². The summed E-state index contributed by atoms with van der Waals surface area (Å²) in [4.78, 5) is 27.9. The first-order valence-electron chi connectivity index (χ1n) is 10.4. The van der Waals surface area contributed by atoms with Crippen molar-refractivity contribution in [2.45, 2.75) is 25.9 Å². The van der Waals surface area contributed by atoms with Crippen LogP contribution in [0, 0.1) is 6.92 Å². The predicted molar refractivity (Wildman–Crippen MR) is 119 cm³/mol. The zero-order chi connectivity index (χ0) is 24.3. The molecule has 0 amide bonds. The standard InChI is InChI=1S/C23H20F3N5O3/c1-14-3-5-15(6-4-14)18-13-19(27-21(32)20(18)31-22(33)28-29-30-31)16-7-9-17(10-8-16)34-12-2-11-23(24,25)26/h3-10,13H,2,11-12H2,1H3,(H,27,32)(H,28,30,33). The quantitative estimate of drug-likeness (QED) is 0.396. The normalized spacial score (nSPS) is 11.5. The molecule has 2 N–H and O–H groups in total. The van der Waals surface area contributed by atoms with E-state index in [-0.39, 0.29) is 18.7 Å². The molecule has 4 aromatic rings. The van der Waals surface area contributed by atoms with Gasteiger partial charge >= 0.3 is 11.9 Å². The van der Waals surface area contributed by atoms with Crippen LogP contribution in [0.3, 0.4) is 0 Å². The Morgan fingerprint density at radius 3 is 2.29 bits per heavy atom. The maximum absolute atomic E-state index is 13.0. The fourth-order valence-corrected chi connectivity index (χ4v) is 3.41. The summed E-state index contributed by atoms with van der Waals surface area (Å²) in [6.45, 7) is 1.87. The van der Waals surface area contributed by atoms with Crippen LogP contribution in [-0.2, 0) is 0 Å². The number of hydrogen-bond acceptors (Lipinski definition) is 5. The molecule has 2 aromatic heterocycles. The Bertz CT molecular complexity index is 1390. The van der Waals surface area contributed by atoms with Crippen molar-refractivity contribution in [1.82, 2.24) is 25.2 Å². The molecule has 0 saturated heterocycles. The summed E-state index contributed by atoms with van der Waals surface area (Å²) in [6, 6.07) is 15.8. The first kappa shape index (κ1) is 23.0. The van der Waals surface area contributed by atoms with E-state index < -0.39 is 23.8 Å². The summed E-state index contributed by atoms with van der Waals surface area (Å²) in [5, 5.41) is 9.36. The van der Waals surface area contributed by atoms with Crippen LogP contribution in [0.15, 0.2) is 64.2 Å². The number of aromatic nitrogens is 5. The number of rotatable bonds is 7. The Labute approximate surface area is 191 Å². The van der Waals surface area contributed by atoms with Crippen molar-refractivity contribution >= 4 is 0 Å². The molecule has 11 heteroatoms. The third-order valence-electron chi connectivity index (χ3n) is 5.09. The molecule has 0 fully saturated rings. The van der Waals surface area contributed by atoms with Crippen LogP contribution in [0.1, 0.15) is 18.4 Å². The molecule has 0 bridgehead atoms. The largest absolute Gasteiger partial charge is 0.494 e. The first-order chi connectivity index (χ1) is 16.2. The second-order valence-electron chi connectivity index (χ2n) is 7.65. The molecule has 0 unspecified atom stereocenters. The Morgan fingerprint density at radius 1 is 1.00 bits per heavy atom. The molecule has 2 heterocycles. The molecule has 0 aliphatic rings. The van der Waals surface area contributed by atoms with Gasteiger partial charge in [0.15, 0.2) is 0 Å². The highest BCUT2D eigenvalue weighted by Crippen LogP contribution is 2.29. The lowest BCUT2D eigenvalue weighted by molar-refractivity contribution is -0.136. The number of aryl methyl sites for hydroxylation is 1. The number of nitrogens with zero attached hydrogens (tertiary/aromatic N) is 3. The maximum Gasteiger partial charge on any atom is 0.389 e. The van der Waals surface area contributed by atoms with E-state index in [4.69, 9.17) is 4.74 Å². The number of hydrogen-bond donors (Lipinski definition) is 2. The summed E-state index contributed by atoms with van der Waals surface area (Å²) in [5.41, 5.74) is 2.15. The lowest BCUT2D eigenvalue weighted by Gasteiger charge is -2.12. The van der Waals surface area contributed by atoms with Gasteiger partial charge in [-0.25, -0.2) is 9.89 Å². The smallest absolute Gasteiger partial charge is 0.389 e. The number of ether oxygens (including phenoxy) is 1. The van der Waals surface area contributed by atoms with Gasteiger partial charge in [-0.3, -0.25) is 4.79 Å². The van der Waals surface area contributed by atoms with Crippen molar-refractivity contribution in [3.8, 4) is 33.8 Å². The summed E-state index contributed by atoms with van der Waals surface area (Å²) in [6.07, 6.45) is -5.26. The minimum Gasteiger partial charge on any atom is -0.494 e. The topological polar surface area (TPSA) is 106 Å². The van der Waals surface area contributed by atoms with Crippen LogP contribution in [0.5, 0.6) is 5.75 Å². The van der Waals surface area contributed by atoms with E-state index in [0.717, 1.165) is 10.2 Å². The van der Waals surface area contributed by atoms with Gasteiger partial charge in [0.2, 0.25) is 0 Å². The molecule has 34 heavy (non-hydrogen) atoms. The number of tetrazole rings is 1. The highest BCUT2D eigenvalue weighted by atomic mass is 19.4. The third-order valence-corrected chi connectivity index (χ3v) is 5.09. The predicted octanol–water partition coefficient (Wildman–Crippen LogP) is 4.01. The number of alkyl halides is 3. The fourth-order valence-electron chi connectivity index (χ4n) is 3.41. The molecule has 0 spiro atoms. The van der Waals surface area contributed by atoms with E-state index in [1.807, 2.05) is 31.2 Å². The van der Waals surface area contributed by atoms with E-state index >= 15 is 0 Å². The summed E-state index contributed by atoms with van der Waals surface area (Å²) >= 11 is 0. The maximum atomic E-state index is 13.0. The monoisotopic (exact) mass is 471 g/mol. The van der Waals surface area contributed by atoms with Gasteiger partial charge in [-0.05, 0) is 65.2 Å². The molecule has 0 aliphatic heterocycles. The highest BCUT2D eigenvalue weighted by Gasteiger charge is 2.26. The lowest BCUT2D eigenvalue weighted by atomic mass is 10.0. The summed E-state index contributed by atoms with van der Waals surface area (Å²) in [7, 11) is 0. The van der Waals surface area contributed by atoms with Crippen molar-refractivity contribution in [3.05, 3.63) is 81.0 Å². The first-order valence-corrected chi connectivity index (χ1v) is 10.4. The Kier molecular flexibility index (Phi) is 6.35. The van der Waals surface area contributed by atoms with Gasteiger partial charge < -0.3 is 9.72 Å². The van der Waals surface area contributed by atoms with E-state index in [9.17, 15) is 22.8 Å².